The lowest BCUT2D eigenvalue weighted by molar-refractivity contribution is -0.870. The highest BCUT2D eigenvalue weighted by Crippen LogP contribution is 2.18. The summed E-state index contributed by atoms with van der Waals surface area (Å²) in [7, 11) is 5.94. The van der Waals surface area contributed by atoms with Gasteiger partial charge in [-0.2, -0.15) is 0 Å². The number of likely N-dealkylation sites (N-methyl/N-ethyl adjacent to an activating group) is 1. The molecule has 101 heavy (non-hydrogen) atoms. The largest absolute Gasteiger partial charge is 0.545 e. The van der Waals surface area contributed by atoms with Gasteiger partial charge in [-0.15, -0.1) is 0 Å². The Labute approximate surface area is 622 Å². The van der Waals surface area contributed by atoms with E-state index in [0.29, 0.717) is 17.4 Å². The zero-order valence-electron chi connectivity index (χ0n) is 65.7. The SMILES string of the molecule is CC/C=C\C/C=C\C/C=C\C/C=C\C/C=C\C/C=C\C/C=C\CCCCCCCCCCCCCCCCCCCC(=O)OC(COC(=O)CCCCCCCCCCCCCCCCC/C=C\C/C=C\C/C=C\C/C=C\C/C=C\C/C=C\C/C=C\CC)COC(OCC[N+](C)(C)C)C(=O)[O-]. The zero-order chi connectivity index (χ0) is 73.2. The molecule has 0 rings (SSSR count). The van der Waals surface area contributed by atoms with E-state index in [4.69, 9.17) is 18.9 Å². The molecule has 0 aliphatic carbocycles. The van der Waals surface area contributed by atoms with Gasteiger partial charge in [-0.1, -0.05) is 364 Å². The van der Waals surface area contributed by atoms with Crippen LogP contribution in [0.2, 0.25) is 0 Å². The molecule has 0 fully saturated rings. The third-order valence-corrected chi connectivity index (χ3v) is 17.5. The van der Waals surface area contributed by atoms with Crippen LogP contribution in [0.4, 0.5) is 0 Å². The number of aliphatic carboxylic acids is 1. The van der Waals surface area contributed by atoms with Gasteiger partial charge >= 0.3 is 11.9 Å². The molecular weight excluding hydrogens is 1250 g/mol. The topological polar surface area (TPSA) is 111 Å². The van der Waals surface area contributed by atoms with Crippen LogP contribution in [0.3, 0.4) is 0 Å². The number of nitrogens with zero attached hydrogens (tertiary/aromatic N) is 1. The maximum absolute atomic E-state index is 13.0. The first kappa shape index (κ1) is 95.6. The Morgan fingerprint density at radius 3 is 0.792 bits per heavy atom. The second kappa shape index (κ2) is 80.3. The Bertz CT molecular complexity index is 2280. The van der Waals surface area contributed by atoms with Crippen molar-refractivity contribution < 1.29 is 42.9 Å². The highest BCUT2D eigenvalue weighted by molar-refractivity contribution is 5.70. The predicted molar refractivity (Wildman–Crippen MR) is 435 cm³/mol. The molecule has 0 heterocycles. The van der Waals surface area contributed by atoms with E-state index in [1.54, 1.807) is 0 Å². The fourth-order valence-corrected chi connectivity index (χ4v) is 11.3. The molecule has 9 heteroatoms. The second-order valence-electron chi connectivity index (χ2n) is 28.3. The van der Waals surface area contributed by atoms with Crippen molar-refractivity contribution in [2.75, 3.05) is 47.5 Å². The van der Waals surface area contributed by atoms with E-state index in [1.807, 2.05) is 21.1 Å². The number of ether oxygens (including phenoxy) is 4. The van der Waals surface area contributed by atoms with Crippen molar-refractivity contribution in [1.82, 2.24) is 0 Å². The van der Waals surface area contributed by atoms with E-state index in [2.05, 4.69) is 184 Å². The summed E-state index contributed by atoms with van der Waals surface area (Å²) in [5.41, 5.74) is 0. The Morgan fingerprint density at radius 2 is 0.535 bits per heavy atom. The van der Waals surface area contributed by atoms with E-state index in [-0.39, 0.29) is 38.6 Å². The highest BCUT2D eigenvalue weighted by Gasteiger charge is 2.22. The Morgan fingerprint density at radius 1 is 0.297 bits per heavy atom. The summed E-state index contributed by atoms with van der Waals surface area (Å²) in [5.74, 6) is -2.28. The standard InChI is InChI=1S/C92H153NO8/c1-6-8-10-12-14-16-18-20-22-24-26-28-30-32-34-36-38-40-42-44-45-47-49-51-53-55-57-59-61-63-65-67-69-71-73-75-77-79-81-83-90(95)101-88(87-100-92(91(96)97)98-85-84-93(3,4)5)86-99-89(94)82-80-78-76-74-72-70-68-66-64-62-60-58-56-54-52-50-48-46-43-41-39-37-35-33-31-29-27-25-23-21-19-17-15-13-11-9-7-2/h8-11,14-17,20-23,26-29,32-35,38-41,44-46,48,88,92H,6-7,12-13,18-19,24-25,30-31,36-37,42-43,47,49-87H2,1-5H3/b10-8-,11-9-,16-14-,17-15-,22-20-,23-21-,28-26-,29-27-,34-32-,35-33-,40-38-,41-39-,45-44-,48-46-. The molecule has 2 unspecified atom stereocenters. The first-order valence-electron chi connectivity index (χ1n) is 41.3. The molecule has 0 N–H and O–H groups in total. The van der Waals surface area contributed by atoms with E-state index in [0.717, 1.165) is 128 Å². The maximum Gasteiger partial charge on any atom is 0.306 e. The summed E-state index contributed by atoms with van der Waals surface area (Å²) >= 11 is 0. The Hall–Kier alpha value is -5.35. The van der Waals surface area contributed by atoms with Crippen molar-refractivity contribution in [2.24, 2.45) is 0 Å². The summed E-state index contributed by atoms with van der Waals surface area (Å²) in [6, 6.07) is 0. The van der Waals surface area contributed by atoms with Crippen molar-refractivity contribution in [3.05, 3.63) is 170 Å². The van der Waals surface area contributed by atoms with E-state index >= 15 is 0 Å². The van der Waals surface area contributed by atoms with Gasteiger partial charge in [0, 0.05) is 12.8 Å². The smallest absolute Gasteiger partial charge is 0.306 e. The first-order chi connectivity index (χ1) is 49.6. The number of quaternary nitrogens is 1. The quantitative estimate of drug-likeness (QED) is 0.0195. The molecule has 2 atom stereocenters. The van der Waals surface area contributed by atoms with Crippen molar-refractivity contribution in [3.8, 4) is 0 Å². The van der Waals surface area contributed by atoms with Gasteiger partial charge in [-0.3, -0.25) is 9.59 Å². The molecule has 0 amide bonds. The normalized spacial score (nSPS) is 13.6. The van der Waals surface area contributed by atoms with E-state index in [9.17, 15) is 19.5 Å². The van der Waals surface area contributed by atoms with Crippen LogP contribution in [-0.2, 0) is 33.3 Å². The maximum atomic E-state index is 13.0. The molecular formula is C92H153NO8. The molecule has 9 nitrogen and oxygen atoms in total. The molecule has 0 aromatic carbocycles. The summed E-state index contributed by atoms with van der Waals surface area (Å²) in [5, 5.41) is 11.9. The lowest BCUT2D eigenvalue weighted by atomic mass is 10.0. The molecule has 0 saturated carbocycles. The molecule has 0 radical (unpaired) electrons. The number of allylic oxidation sites excluding steroid dienone is 28. The number of hydrogen-bond donors (Lipinski definition) is 0. The van der Waals surface area contributed by atoms with Crippen LogP contribution in [0.15, 0.2) is 170 Å². The summed E-state index contributed by atoms with van der Waals surface area (Å²) in [6.07, 6.45) is 118. The molecule has 0 aromatic rings. The minimum Gasteiger partial charge on any atom is -0.545 e. The predicted octanol–water partition coefficient (Wildman–Crippen LogP) is 25.6. The molecule has 574 valence electrons. The van der Waals surface area contributed by atoms with Gasteiger partial charge in [0.2, 0.25) is 0 Å². The van der Waals surface area contributed by atoms with Crippen molar-refractivity contribution in [3.63, 3.8) is 0 Å². The monoisotopic (exact) mass is 1400 g/mol. The van der Waals surface area contributed by atoms with Gasteiger partial charge in [-0.05, 0) is 128 Å². The minimum absolute atomic E-state index is 0.143. The highest BCUT2D eigenvalue weighted by atomic mass is 16.7. The van der Waals surface area contributed by atoms with Gasteiger partial charge in [0.05, 0.1) is 40.3 Å². The van der Waals surface area contributed by atoms with Gasteiger partial charge < -0.3 is 33.3 Å². The molecule has 0 aliphatic heterocycles. The Balaban J connectivity index is 4.04. The average Bonchev–Trinajstić information content (AvgIpc) is 1.21. The third kappa shape index (κ3) is 81.8. The van der Waals surface area contributed by atoms with Crippen LogP contribution in [0.5, 0.6) is 0 Å². The van der Waals surface area contributed by atoms with Crippen LogP contribution in [0.25, 0.3) is 0 Å². The van der Waals surface area contributed by atoms with Gasteiger partial charge in [0.15, 0.2) is 12.4 Å². The fraction of sp³-hybridized carbons (Fsp3) is 0.663. The lowest BCUT2D eigenvalue weighted by Crippen LogP contribution is -2.44. The number of carboxylic acid groups (broad SMARTS) is 1. The number of esters is 2. The molecule has 0 bridgehead atoms. The van der Waals surface area contributed by atoms with Crippen LogP contribution in [0.1, 0.15) is 335 Å². The molecule has 0 aliphatic rings. The Kier molecular flexibility index (Phi) is 76.1. The van der Waals surface area contributed by atoms with Gasteiger partial charge in [0.25, 0.3) is 0 Å². The number of carbonyl (C=O) groups excluding carboxylic acids is 3. The number of carboxylic acids is 1. The number of hydrogen-bond acceptors (Lipinski definition) is 8. The van der Waals surface area contributed by atoms with E-state index in [1.165, 1.54) is 173 Å². The molecule has 0 spiro atoms. The third-order valence-electron chi connectivity index (χ3n) is 17.5. The first-order valence-corrected chi connectivity index (χ1v) is 41.3. The van der Waals surface area contributed by atoms with Crippen LogP contribution < -0.4 is 5.11 Å². The lowest BCUT2D eigenvalue weighted by Gasteiger charge is -2.26. The molecule has 0 aromatic heterocycles. The second-order valence-corrected chi connectivity index (χ2v) is 28.3. The minimum atomic E-state index is -1.63. The van der Waals surface area contributed by atoms with Crippen molar-refractivity contribution in [2.45, 2.75) is 347 Å². The van der Waals surface area contributed by atoms with Crippen LogP contribution in [-0.4, -0.2) is 82.3 Å². The van der Waals surface area contributed by atoms with Gasteiger partial charge in [0.1, 0.15) is 13.2 Å². The summed E-state index contributed by atoms with van der Waals surface area (Å²) in [4.78, 5) is 37.7. The van der Waals surface area contributed by atoms with E-state index < -0.39 is 24.3 Å². The van der Waals surface area contributed by atoms with Crippen molar-refractivity contribution in [1.29, 1.82) is 0 Å². The number of unbranched alkanes of at least 4 members (excludes halogenated alkanes) is 32. The summed E-state index contributed by atoms with van der Waals surface area (Å²) < 4.78 is 22.9. The number of carbonyl (C=O) groups is 3. The average molecular weight is 1400 g/mol. The number of rotatable bonds is 75. The molecule has 0 saturated heterocycles. The summed E-state index contributed by atoms with van der Waals surface area (Å²) in [6.45, 7) is 4.54. The fourth-order valence-electron chi connectivity index (χ4n) is 11.3. The zero-order valence-corrected chi connectivity index (χ0v) is 65.7. The van der Waals surface area contributed by atoms with Crippen LogP contribution in [0, 0.1) is 0 Å². The van der Waals surface area contributed by atoms with Crippen molar-refractivity contribution >= 4 is 17.9 Å². The van der Waals surface area contributed by atoms with Crippen LogP contribution >= 0.6 is 0 Å². The van der Waals surface area contributed by atoms with Gasteiger partial charge in [-0.25, -0.2) is 0 Å².